The minimum atomic E-state index is -1.26. The van der Waals surface area contributed by atoms with Gasteiger partial charge in [-0.15, -0.1) is 0 Å². The molecule has 2 aromatic heterocycles. The van der Waals surface area contributed by atoms with Crippen LogP contribution in [0.25, 0.3) is 33.4 Å². The Morgan fingerprint density at radius 1 is 1.09 bits per heavy atom. The number of anilines is 1. The molecule has 4 aromatic rings. The summed E-state index contributed by atoms with van der Waals surface area (Å²) < 4.78 is 14.8. The first kappa shape index (κ1) is 20.1. The van der Waals surface area contributed by atoms with Crippen molar-refractivity contribution in [3.05, 3.63) is 66.0 Å². The molecule has 1 aliphatic carbocycles. The lowest BCUT2D eigenvalue weighted by atomic mass is 9.83. The number of pyridine rings is 1. The van der Waals surface area contributed by atoms with Crippen LogP contribution in [0, 0.1) is 5.82 Å². The molecule has 8 nitrogen and oxygen atoms in total. The second kappa shape index (κ2) is 7.11. The number of aromatic nitrogens is 3. The molecule has 1 fully saturated rings. The number of hydrogen-bond donors (Lipinski definition) is 4. The molecule has 1 saturated carbocycles. The fourth-order valence-electron chi connectivity index (χ4n) is 4.15. The lowest BCUT2D eigenvalue weighted by Gasteiger charge is -2.40. The number of halogens is 1. The maximum Gasteiger partial charge on any atom is 0.254 e. The molecule has 0 aliphatic heterocycles. The van der Waals surface area contributed by atoms with Crippen molar-refractivity contribution in [2.45, 2.75) is 24.6 Å². The third-order valence-electron chi connectivity index (χ3n) is 5.82. The van der Waals surface area contributed by atoms with Gasteiger partial charge in [-0.05, 0) is 36.4 Å². The molecule has 0 radical (unpaired) electrons. The van der Waals surface area contributed by atoms with Crippen LogP contribution in [0.3, 0.4) is 0 Å². The quantitative estimate of drug-likeness (QED) is 0.365. The number of rotatable bonds is 4. The second-order valence-electron chi connectivity index (χ2n) is 8.19. The molecular weight excluding hydrogens is 411 g/mol. The Kier molecular flexibility index (Phi) is 4.47. The van der Waals surface area contributed by atoms with E-state index in [4.69, 9.17) is 22.2 Å². The zero-order chi connectivity index (χ0) is 22.6. The topological polar surface area (TPSA) is 146 Å². The summed E-state index contributed by atoms with van der Waals surface area (Å²) in [6, 6.07) is 15.2. The normalized spacial score (nSPS) is 20.3. The summed E-state index contributed by atoms with van der Waals surface area (Å²) in [5.41, 5.74) is 19.5. The van der Waals surface area contributed by atoms with Gasteiger partial charge in [-0.1, -0.05) is 18.2 Å². The third-order valence-corrected chi connectivity index (χ3v) is 5.82. The summed E-state index contributed by atoms with van der Waals surface area (Å²) in [5.74, 6) is -0.871. The van der Waals surface area contributed by atoms with Crippen LogP contribution >= 0.6 is 0 Å². The van der Waals surface area contributed by atoms with Crippen molar-refractivity contribution in [3.63, 3.8) is 0 Å². The van der Waals surface area contributed by atoms with Crippen LogP contribution in [-0.4, -0.2) is 31.5 Å². The van der Waals surface area contributed by atoms with Crippen LogP contribution in [0.4, 0.5) is 10.2 Å². The first-order chi connectivity index (χ1) is 15.2. The summed E-state index contributed by atoms with van der Waals surface area (Å²) in [7, 11) is 0. The van der Waals surface area contributed by atoms with E-state index in [1.807, 2.05) is 24.3 Å². The maximum absolute atomic E-state index is 13.3. The Morgan fingerprint density at radius 2 is 1.75 bits per heavy atom. The molecule has 32 heavy (non-hydrogen) atoms. The van der Waals surface area contributed by atoms with E-state index in [9.17, 15) is 14.3 Å². The van der Waals surface area contributed by atoms with Crippen LogP contribution in [0.5, 0.6) is 0 Å². The predicted molar refractivity (Wildman–Crippen MR) is 119 cm³/mol. The zero-order valence-electron chi connectivity index (χ0n) is 17.0. The molecule has 0 atom stereocenters. The molecule has 7 N–H and O–H groups in total. The summed E-state index contributed by atoms with van der Waals surface area (Å²) in [5, 5.41) is 15.3. The SMILES string of the molecule is NC(=O)c1c(-c2ccc3ccc(-c4ccc(F)cc4)nc3c2)nn(C2CC(N)(O)C2)c1N. The molecule has 5 rings (SSSR count). The fraction of sp³-hybridized carbons (Fsp3) is 0.174. The molecule has 9 heteroatoms. The van der Waals surface area contributed by atoms with E-state index in [0.717, 1.165) is 10.9 Å². The van der Waals surface area contributed by atoms with Crippen LogP contribution in [0.15, 0.2) is 54.6 Å². The van der Waals surface area contributed by atoms with Gasteiger partial charge in [0.15, 0.2) is 0 Å². The number of carbonyl (C=O) groups excluding carboxylic acids is 1. The summed E-state index contributed by atoms with van der Waals surface area (Å²) in [6.07, 6.45) is 0.549. The van der Waals surface area contributed by atoms with E-state index in [1.165, 1.54) is 16.8 Å². The Morgan fingerprint density at radius 3 is 2.41 bits per heavy atom. The standard InChI is InChI=1S/C23H21FN6O2/c24-15-6-3-12(4-7-15)17-8-5-13-1-2-14(9-18(13)28-17)20-19(22(26)31)21(25)30(29-20)16-10-23(27,32)11-16/h1-9,16,32H,10-11,25,27H2,(H2,26,31). The van der Waals surface area contributed by atoms with Gasteiger partial charge in [0.1, 0.15) is 28.6 Å². The van der Waals surface area contributed by atoms with E-state index >= 15 is 0 Å². The molecule has 1 amide bonds. The number of hydrogen-bond acceptors (Lipinski definition) is 6. The molecule has 0 unspecified atom stereocenters. The Hall–Kier alpha value is -3.82. The van der Waals surface area contributed by atoms with E-state index in [2.05, 4.69) is 5.10 Å². The highest BCUT2D eigenvalue weighted by Gasteiger charge is 2.42. The second-order valence-corrected chi connectivity index (χ2v) is 8.19. The largest absolute Gasteiger partial charge is 0.383 e. The van der Waals surface area contributed by atoms with Crippen molar-refractivity contribution in [2.75, 3.05) is 5.73 Å². The highest BCUT2D eigenvalue weighted by atomic mass is 19.1. The first-order valence-corrected chi connectivity index (χ1v) is 10.1. The van der Waals surface area contributed by atoms with Gasteiger partial charge in [-0.3, -0.25) is 4.79 Å². The van der Waals surface area contributed by atoms with Gasteiger partial charge >= 0.3 is 0 Å². The summed E-state index contributed by atoms with van der Waals surface area (Å²) >= 11 is 0. The highest BCUT2D eigenvalue weighted by Crippen LogP contribution is 2.41. The van der Waals surface area contributed by atoms with Crippen LogP contribution in [-0.2, 0) is 0 Å². The number of fused-ring (bicyclic) bond motifs is 1. The molecule has 0 bridgehead atoms. The Labute approximate surface area is 182 Å². The molecular formula is C23H21FN6O2. The number of nitrogen functional groups attached to an aromatic ring is 1. The lowest BCUT2D eigenvalue weighted by Crippen LogP contribution is -2.52. The molecule has 0 saturated heterocycles. The van der Waals surface area contributed by atoms with Crippen molar-refractivity contribution in [3.8, 4) is 22.5 Å². The smallest absolute Gasteiger partial charge is 0.254 e. The van der Waals surface area contributed by atoms with Crippen molar-refractivity contribution < 1.29 is 14.3 Å². The monoisotopic (exact) mass is 432 g/mol. The minimum absolute atomic E-state index is 0.117. The Balaban J connectivity index is 1.59. The third kappa shape index (κ3) is 3.37. The van der Waals surface area contributed by atoms with Crippen molar-refractivity contribution in [1.29, 1.82) is 0 Å². The maximum atomic E-state index is 13.3. The van der Waals surface area contributed by atoms with E-state index in [-0.39, 0.29) is 36.1 Å². The molecule has 2 aromatic carbocycles. The van der Waals surface area contributed by atoms with Crippen LogP contribution in [0.1, 0.15) is 29.2 Å². The average Bonchev–Trinajstić information content (AvgIpc) is 3.08. The molecule has 162 valence electrons. The van der Waals surface area contributed by atoms with Crippen LogP contribution in [0.2, 0.25) is 0 Å². The number of amides is 1. The van der Waals surface area contributed by atoms with Crippen LogP contribution < -0.4 is 17.2 Å². The van der Waals surface area contributed by atoms with Gasteiger partial charge in [0.05, 0.1) is 17.3 Å². The van der Waals surface area contributed by atoms with Crippen molar-refractivity contribution in [1.82, 2.24) is 14.8 Å². The fourth-order valence-corrected chi connectivity index (χ4v) is 4.15. The number of primary amides is 1. The molecule has 2 heterocycles. The summed E-state index contributed by atoms with van der Waals surface area (Å²) in [6.45, 7) is 0. The molecule has 1 aliphatic rings. The number of nitrogens with zero attached hydrogens (tertiary/aromatic N) is 3. The number of aliphatic hydroxyl groups is 1. The van der Waals surface area contributed by atoms with Gasteiger partial charge in [0.2, 0.25) is 0 Å². The van der Waals surface area contributed by atoms with Crippen molar-refractivity contribution in [2.24, 2.45) is 11.5 Å². The summed E-state index contributed by atoms with van der Waals surface area (Å²) in [4.78, 5) is 16.9. The predicted octanol–water partition coefficient (Wildman–Crippen LogP) is 2.57. The number of nitrogens with two attached hydrogens (primary N) is 3. The first-order valence-electron chi connectivity index (χ1n) is 10.1. The zero-order valence-corrected chi connectivity index (χ0v) is 17.0. The molecule has 0 spiro atoms. The van der Waals surface area contributed by atoms with Gasteiger partial charge in [0, 0.05) is 29.4 Å². The number of benzene rings is 2. The average molecular weight is 432 g/mol. The Bertz CT molecular complexity index is 1360. The van der Waals surface area contributed by atoms with Gasteiger partial charge in [0.25, 0.3) is 5.91 Å². The van der Waals surface area contributed by atoms with Gasteiger partial charge in [-0.2, -0.15) is 5.10 Å². The number of carbonyl (C=O) groups is 1. The van der Waals surface area contributed by atoms with Gasteiger partial charge in [-0.25, -0.2) is 14.1 Å². The van der Waals surface area contributed by atoms with E-state index in [1.54, 1.807) is 18.2 Å². The van der Waals surface area contributed by atoms with Gasteiger partial charge < -0.3 is 22.3 Å². The van der Waals surface area contributed by atoms with E-state index < -0.39 is 11.6 Å². The highest BCUT2D eigenvalue weighted by molar-refractivity contribution is 6.04. The van der Waals surface area contributed by atoms with E-state index in [0.29, 0.717) is 22.5 Å². The minimum Gasteiger partial charge on any atom is -0.383 e. The lowest BCUT2D eigenvalue weighted by molar-refractivity contribution is -0.0643. The van der Waals surface area contributed by atoms with Crippen molar-refractivity contribution >= 4 is 22.6 Å².